The van der Waals surface area contributed by atoms with Crippen LogP contribution in [0.4, 0.5) is 0 Å². The summed E-state index contributed by atoms with van der Waals surface area (Å²) in [6, 6.07) is 6.07. The number of rotatable bonds is 2. The standard InChI is InChI=1S/C10H10N2S/c1-2-8-4-3-5-9(12-8)10-11-6-7-13-10/h3-7H,2H2,1H3. The molecular formula is C10H10N2S. The van der Waals surface area contributed by atoms with Gasteiger partial charge in [0, 0.05) is 17.3 Å². The summed E-state index contributed by atoms with van der Waals surface area (Å²) in [6.45, 7) is 2.11. The van der Waals surface area contributed by atoms with Gasteiger partial charge in [-0.2, -0.15) is 0 Å². The summed E-state index contributed by atoms with van der Waals surface area (Å²) in [6.07, 6.45) is 2.78. The number of aryl methyl sites for hydroxylation is 1. The Hall–Kier alpha value is -1.22. The highest BCUT2D eigenvalue weighted by Crippen LogP contribution is 2.19. The van der Waals surface area contributed by atoms with E-state index in [-0.39, 0.29) is 0 Å². The van der Waals surface area contributed by atoms with Crippen molar-refractivity contribution in [2.45, 2.75) is 13.3 Å². The quantitative estimate of drug-likeness (QED) is 0.727. The molecule has 0 bridgehead atoms. The number of thiazole rings is 1. The van der Waals surface area contributed by atoms with Crippen LogP contribution in [0.2, 0.25) is 0 Å². The van der Waals surface area contributed by atoms with E-state index >= 15 is 0 Å². The van der Waals surface area contributed by atoms with Gasteiger partial charge >= 0.3 is 0 Å². The normalized spacial score (nSPS) is 10.2. The number of nitrogens with zero attached hydrogens (tertiary/aromatic N) is 2. The molecule has 0 aliphatic carbocycles. The average molecular weight is 190 g/mol. The number of hydrogen-bond acceptors (Lipinski definition) is 3. The summed E-state index contributed by atoms with van der Waals surface area (Å²) in [4.78, 5) is 8.70. The molecule has 66 valence electrons. The van der Waals surface area contributed by atoms with Crippen LogP contribution in [-0.2, 0) is 6.42 Å². The van der Waals surface area contributed by atoms with E-state index in [1.807, 2.05) is 23.6 Å². The summed E-state index contributed by atoms with van der Waals surface area (Å²) in [5.74, 6) is 0. The van der Waals surface area contributed by atoms with E-state index in [2.05, 4.69) is 16.9 Å². The van der Waals surface area contributed by atoms with Gasteiger partial charge in [0.1, 0.15) is 5.01 Å². The lowest BCUT2D eigenvalue weighted by atomic mass is 10.2. The predicted molar refractivity (Wildman–Crippen MR) is 54.7 cm³/mol. The molecule has 2 rings (SSSR count). The molecular weight excluding hydrogens is 180 g/mol. The van der Waals surface area contributed by atoms with E-state index in [0.29, 0.717) is 0 Å². The molecule has 2 aromatic rings. The van der Waals surface area contributed by atoms with Gasteiger partial charge in [0.15, 0.2) is 0 Å². The van der Waals surface area contributed by atoms with E-state index in [4.69, 9.17) is 0 Å². The Kier molecular flexibility index (Phi) is 2.36. The zero-order valence-electron chi connectivity index (χ0n) is 7.40. The third-order valence-corrected chi connectivity index (χ3v) is 2.62. The molecule has 0 aliphatic rings. The molecule has 0 spiro atoms. The van der Waals surface area contributed by atoms with E-state index < -0.39 is 0 Å². The molecule has 0 aromatic carbocycles. The lowest BCUT2D eigenvalue weighted by Gasteiger charge is -1.98. The lowest BCUT2D eigenvalue weighted by molar-refractivity contribution is 1.04. The summed E-state index contributed by atoms with van der Waals surface area (Å²) in [5, 5.41) is 2.96. The minimum atomic E-state index is 0.971. The van der Waals surface area contributed by atoms with Crippen LogP contribution in [-0.4, -0.2) is 9.97 Å². The van der Waals surface area contributed by atoms with Crippen LogP contribution in [0.1, 0.15) is 12.6 Å². The summed E-state index contributed by atoms with van der Waals surface area (Å²) < 4.78 is 0. The number of pyridine rings is 1. The maximum atomic E-state index is 4.48. The van der Waals surface area contributed by atoms with Crippen LogP contribution in [0.3, 0.4) is 0 Å². The zero-order valence-corrected chi connectivity index (χ0v) is 8.21. The van der Waals surface area contributed by atoms with E-state index in [1.54, 1.807) is 17.5 Å². The van der Waals surface area contributed by atoms with Crippen molar-refractivity contribution >= 4 is 11.3 Å². The second-order valence-corrected chi connectivity index (χ2v) is 3.60. The first-order chi connectivity index (χ1) is 6.40. The monoisotopic (exact) mass is 190 g/mol. The molecule has 0 amide bonds. The van der Waals surface area contributed by atoms with Crippen molar-refractivity contribution < 1.29 is 0 Å². The Bertz CT molecular complexity index is 382. The molecule has 2 heterocycles. The Labute approximate surface area is 81.3 Å². The van der Waals surface area contributed by atoms with Gasteiger partial charge in [-0.3, -0.25) is 4.98 Å². The van der Waals surface area contributed by atoms with Crippen molar-refractivity contribution in [1.29, 1.82) is 0 Å². The first-order valence-electron chi connectivity index (χ1n) is 4.26. The maximum Gasteiger partial charge on any atom is 0.141 e. The molecule has 0 aliphatic heterocycles. The maximum absolute atomic E-state index is 4.48. The fraction of sp³-hybridized carbons (Fsp3) is 0.200. The topological polar surface area (TPSA) is 25.8 Å². The molecule has 0 saturated carbocycles. The Balaban J connectivity index is 2.41. The summed E-state index contributed by atoms with van der Waals surface area (Å²) in [7, 11) is 0. The van der Waals surface area contributed by atoms with Crippen molar-refractivity contribution in [2.24, 2.45) is 0 Å². The molecule has 3 heteroatoms. The van der Waals surface area contributed by atoms with E-state index in [0.717, 1.165) is 22.8 Å². The number of hydrogen-bond donors (Lipinski definition) is 0. The largest absolute Gasteiger partial charge is 0.250 e. The third kappa shape index (κ3) is 1.75. The molecule has 2 nitrogen and oxygen atoms in total. The van der Waals surface area contributed by atoms with Crippen LogP contribution >= 0.6 is 11.3 Å². The highest BCUT2D eigenvalue weighted by molar-refractivity contribution is 7.13. The second-order valence-electron chi connectivity index (χ2n) is 2.70. The van der Waals surface area contributed by atoms with Gasteiger partial charge in [-0.05, 0) is 18.6 Å². The van der Waals surface area contributed by atoms with Crippen LogP contribution in [0.25, 0.3) is 10.7 Å². The fourth-order valence-electron chi connectivity index (χ4n) is 1.15. The van der Waals surface area contributed by atoms with E-state index in [1.165, 1.54) is 0 Å². The van der Waals surface area contributed by atoms with E-state index in [9.17, 15) is 0 Å². The molecule has 0 radical (unpaired) electrons. The first-order valence-corrected chi connectivity index (χ1v) is 5.14. The lowest BCUT2D eigenvalue weighted by Crippen LogP contribution is -1.88. The SMILES string of the molecule is CCc1cccc(-c2nccs2)n1. The minimum absolute atomic E-state index is 0.971. The van der Waals surface area contributed by atoms with Crippen molar-refractivity contribution in [2.75, 3.05) is 0 Å². The molecule has 0 saturated heterocycles. The van der Waals surface area contributed by atoms with Crippen molar-refractivity contribution in [3.8, 4) is 10.7 Å². The molecule has 2 aromatic heterocycles. The molecule has 0 atom stereocenters. The van der Waals surface area contributed by atoms with Crippen LogP contribution in [0, 0.1) is 0 Å². The third-order valence-electron chi connectivity index (χ3n) is 1.82. The zero-order chi connectivity index (χ0) is 9.10. The molecule has 0 unspecified atom stereocenters. The van der Waals surface area contributed by atoms with Crippen molar-refractivity contribution in [3.63, 3.8) is 0 Å². The van der Waals surface area contributed by atoms with Crippen molar-refractivity contribution in [3.05, 3.63) is 35.5 Å². The predicted octanol–water partition coefficient (Wildman–Crippen LogP) is 2.77. The Morgan fingerprint density at radius 3 is 3.00 bits per heavy atom. The average Bonchev–Trinajstić information content (AvgIpc) is 2.71. The van der Waals surface area contributed by atoms with Gasteiger partial charge in [0.25, 0.3) is 0 Å². The fourth-order valence-corrected chi connectivity index (χ4v) is 1.75. The highest BCUT2D eigenvalue weighted by atomic mass is 32.1. The van der Waals surface area contributed by atoms with Crippen LogP contribution < -0.4 is 0 Å². The van der Waals surface area contributed by atoms with Gasteiger partial charge < -0.3 is 0 Å². The van der Waals surface area contributed by atoms with Crippen LogP contribution in [0.5, 0.6) is 0 Å². The Morgan fingerprint density at radius 1 is 1.38 bits per heavy atom. The van der Waals surface area contributed by atoms with Gasteiger partial charge in [-0.25, -0.2) is 4.98 Å². The van der Waals surface area contributed by atoms with Gasteiger partial charge in [-0.15, -0.1) is 11.3 Å². The highest BCUT2D eigenvalue weighted by Gasteiger charge is 2.01. The summed E-state index contributed by atoms with van der Waals surface area (Å²) >= 11 is 1.62. The van der Waals surface area contributed by atoms with Crippen molar-refractivity contribution in [1.82, 2.24) is 9.97 Å². The van der Waals surface area contributed by atoms with Gasteiger partial charge in [-0.1, -0.05) is 13.0 Å². The summed E-state index contributed by atoms with van der Waals surface area (Å²) in [5.41, 5.74) is 2.10. The first kappa shape index (κ1) is 8.38. The van der Waals surface area contributed by atoms with Gasteiger partial charge in [0.05, 0.1) is 5.69 Å². The second kappa shape index (κ2) is 3.66. The molecule has 13 heavy (non-hydrogen) atoms. The van der Waals surface area contributed by atoms with Gasteiger partial charge in [0.2, 0.25) is 0 Å². The molecule has 0 fully saturated rings. The minimum Gasteiger partial charge on any atom is -0.250 e. The number of aromatic nitrogens is 2. The Morgan fingerprint density at radius 2 is 2.31 bits per heavy atom. The van der Waals surface area contributed by atoms with Crippen LogP contribution in [0.15, 0.2) is 29.8 Å². The molecule has 0 N–H and O–H groups in total. The smallest absolute Gasteiger partial charge is 0.141 e.